The van der Waals surface area contributed by atoms with Gasteiger partial charge in [0.1, 0.15) is 0 Å². The van der Waals surface area contributed by atoms with Crippen LogP contribution in [0.5, 0.6) is 0 Å². The van der Waals surface area contributed by atoms with Crippen molar-refractivity contribution >= 4 is 0 Å². The molecule has 11 heavy (non-hydrogen) atoms. The Kier molecular flexibility index (Phi) is 5.32. The molecule has 5 heteroatoms. The second-order valence-corrected chi connectivity index (χ2v) is 2.13. The van der Waals surface area contributed by atoms with Gasteiger partial charge in [0, 0.05) is 6.42 Å². The molecule has 0 saturated carbocycles. The van der Waals surface area contributed by atoms with Crippen molar-refractivity contribution in [2.24, 2.45) is 5.29 Å². The van der Waals surface area contributed by atoms with E-state index in [-0.39, 0.29) is 19.1 Å². The first kappa shape index (κ1) is 10.1. The number of hydrogen-bond acceptors (Lipinski definition) is 4. The van der Waals surface area contributed by atoms with Crippen molar-refractivity contribution in [2.45, 2.75) is 18.6 Å². The van der Waals surface area contributed by atoms with E-state index in [1.165, 1.54) is 6.08 Å². The molecule has 2 unspecified atom stereocenters. The maximum Gasteiger partial charge on any atom is 0.0794 e. The Morgan fingerprint density at radius 3 is 2.73 bits per heavy atom. The number of nitrogens with zero attached hydrogens (tertiary/aromatic N) is 1. The van der Waals surface area contributed by atoms with Crippen LogP contribution in [0.4, 0.5) is 0 Å². The van der Waals surface area contributed by atoms with Crippen LogP contribution in [-0.4, -0.2) is 29.0 Å². The minimum absolute atomic E-state index is 0.228. The van der Waals surface area contributed by atoms with E-state index < -0.39 is 6.10 Å². The Morgan fingerprint density at radius 1 is 1.73 bits per heavy atom. The van der Waals surface area contributed by atoms with Crippen molar-refractivity contribution in [3.63, 3.8) is 0 Å². The summed E-state index contributed by atoms with van der Waals surface area (Å²) in [4.78, 5) is 9.69. The summed E-state index contributed by atoms with van der Waals surface area (Å²) in [6.45, 7) is 3.08. The van der Waals surface area contributed by atoms with Gasteiger partial charge in [0.15, 0.2) is 0 Å². The number of nitroso groups, excluding NO2 is 1. The topological polar surface area (TPSA) is 81.9 Å². The Bertz CT molecular complexity index is 129. The van der Waals surface area contributed by atoms with Crippen LogP contribution in [0.1, 0.15) is 6.42 Å². The van der Waals surface area contributed by atoms with Gasteiger partial charge in [-0.05, 0) is 0 Å². The summed E-state index contributed by atoms with van der Waals surface area (Å²) >= 11 is 0. The first-order valence-electron chi connectivity index (χ1n) is 3.24. The monoisotopic (exact) mass is 160 g/mol. The quantitative estimate of drug-likeness (QED) is 0.279. The highest BCUT2D eigenvalue weighted by Gasteiger charge is 2.09. The lowest BCUT2D eigenvalue weighted by molar-refractivity contribution is 0.0831. The fourth-order valence-corrected chi connectivity index (χ4v) is 0.637. The smallest absolute Gasteiger partial charge is 0.0794 e. The molecule has 0 amide bonds. The van der Waals surface area contributed by atoms with E-state index in [9.17, 15) is 4.91 Å². The largest absolute Gasteiger partial charge is 0.394 e. The van der Waals surface area contributed by atoms with Gasteiger partial charge < -0.3 is 10.2 Å². The molecule has 0 aliphatic heterocycles. The maximum absolute atomic E-state index is 9.69. The average molecular weight is 160 g/mol. The first-order valence-corrected chi connectivity index (χ1v) is 3.24. The molecule has 2 atom stereocenters. The van der Waals surface area contributed by atoms with E-state index in [0.29, 0.717) is 0 Å². The van der Waals surface area contributed by atoms with Gasteiger partial charge in [-0.3, -0.25) is 5.43 Å². The predicted molar refractivity (Wildman–Crippen MR) is 40.6 cm³/mol. The number of rotatable bonds is 6. The average Bonchev–Trinajstić information content (AvgIpc) is 2.03. The molecule has 0 aromatic rings. The zero-order valence-electron chi connectivity index (χ0n) is 6.10. The van der Waals surface area contributed by atoms with Gasteiger partial charge in [-0.2, -0.15) is 0 Å². The zero-order valence-corrected chi connectivity index (χ0v) is 6.10. The lowest BCUT2D eigenvalue weighted by atomic mass is 10.1. The van der Waals surface area contributed by atoms with Crippen LogP contribution >= 0.6 is 0 Å². The summed E-state index contributed by atoms with van der Waals surface area (Å²) in [5, 5.41) is 19.8. The highest BCUT2D eigenvalue weighted by molar-refractivity contribution is 4.85. The molecular formula is C6H12N2O3. The van der Waals surface area contributed by atoms with Gasteiger partial charge in [0.2, 0.25) is 0 Å². The van der Waals surface area contributed by atoms with Gasteiger partial charge in [-0.25, -0.2) is 0 Å². The van der Waals surface area contributed by atoms with Crippen LogP contribution in [0.15, 0.2) is 17.9 Å². The molecule has 0 bridgehead atoms. The third kappa shape index (κ3) is 4.46. The normalized spacial score (nSPS) is 15.1. The molecule has 0 fully saturated rings. The van der Waals surface area contributed by atoms with Crippen LogP contribution in [0.25, 0.3) is 0 Å². The van der Waals surface area contributed by atoms with E-state index in [4.69, 9.17) is 10.2 Å². The van der Waals surface area contributed by atoms with Crippen LogP contribution in [0.2, 0.25) is 0 Å². The van der Waals surface area contributed by atoms with Gasteiger partial charge in [-0.15, -0.1) is 11.5 Å². The Balaban J connectivity index is 3.66. The summed E-state index contributed by atoms with van der Waals surface area (Å²) in [5.74, 6) is 0. The number of aliphatic hydroxyl groups is 2. The number of nitrogens with one attached hydrogen (secondary N) is 1. The van der Waals surface area contributed by atoms with E-state index in [1.807, 2.05) is 0 Å². The Labute approximate surface area is 64.7 Å². The minimum Gasteiger partial charge on any atom is -0.394 e. The lowest BCUT2D eigenvalue weighted by Crippen LogP contribution is -2.28. The van der Waals surface area contributed by atoms with Crippen LogP contribution in [0.3, 0.4) is 0 Å². The van der Waals surface area contributed by atoms with Crippen LogP contribution < -0.4 is 5.43 Å². The molecule has 5 nitrogen and oxygen atoms in total. The molecule has 0 aromatic heterocycles. The first-order chi connectivity index (χ1) is 5.24. The van der Waals surface area contributed by atoms with Crippen molar-refractivity contribution in [2.75, 3.05) is 6.61 Å². The lowest BCUT2D eigenvalue weighted by Gasteiger charge is -2.12. The fraction of sp³-hybridized carbons (Fsp3) is 0.667. The minimum atomic E-state index is -0.841. The highest BCUT2D eigenvalue weighted by atomic mass is 16.3. The zero-order chi connectivity index (χ0) is 8.69. The van der Waals surface area contributed by atoms with E-state index >= 15 is 0 Å². The van der Waals surface area contributed by atoms with Gasteiger partial charge in [0.25, 0.3) is 0 Å². The van der Waals surface area contributed by atoms with E-state index in [1.54, 1.807) is 0 Å². The SMILES string of the molecule is C=CC(CC(O)CO)NN=O. The molecular weight excluding hydrogens is 148 g/mol. The van der Waals surface area contributed by atoms with Crippen LogP contribution in [0, 0.1) is 4.91 Å². The van der Waals surface area contributed by atoms with E-state index in [0.717, 1.165) is 0 Å². The summed E-state index contributed by atoms with van der Waals surface area (Å²) in [6.07, 6.45) is 0.832. The molecule has 0 heterocycles. The van der Waals surface area contributed by atoms with Gasteiger partial charge in [-0.1, -0.05) is 6.08 Å². The second kappa shape index (κ2) is 5.82. The molecule has 0 radical (unpaired) electrons. The standard InChI is InChI=1S/C6H12N2O3/c1-2-5(7-8-11)3-6(10)4-9/h2,5-6,9-10H,1,3-4H2,(H,7,11). The third-order valence-corrected chi connectivity index (χ3v) is 1.24. The summed E-state index contributed by atoms with van der Waals surface area (Å²) in [6, 6.07) is -0.380. The van der Waals surface area contributed by atoms with Crippen molar-refractivity contribution < 1.29 is 10.2 Å². The Morgan fingerprint density at radius 2 is 2.36 bits per heavy atom. The van der Waals surface area contributed by atoms with Gasteiger partial charge >= 0.3 is 0 Å². The molecule has 64 valence electrons. The summed E-state index contributed by atoms with van der Waals surface area (Å²) in [7, 11) is 0. The molecule has 3 N–H and O–H groups in total. The Hall–Kier alpha value is -0.940. The molecule has 0 spiro atoms. The van der Waals surface area contributed by atoms with Gasteiger partial charge in [0.05, 0.1) is 24.0 Å². The maximum atomic E-state index is 9.69. The van der Waals surface area contributed by atoms with E-state index in [2.05, 4.69) is 17.3 Å². The summed E-state index contributed by atoms with van der Waals surface area (Å²) in [5.41, 5.74) is 2.18. The molecule has 0 saturated heterocycles. The van der Waals surface area contributed by atoms with Crippen molar-refractivity contribution in [1.29, 1.82) is 0 Å². The number of aliphatic hydroxyl groups excluding tert-OH is 2. The fourth-order valence-electron chi connectivity index (χ4n) is 0.637. The van der Waals surface area contributed by atoms with Crippen LogP contribution in [-0.2, 0) is 0 Å². The molecule has 0 aliphatic carbocycles. The molecule has 0 rings (SSSR count). The second-order valence-electron chi connectivity index (χ2n) is 2.13. The van der Waals surface area contributed by atoms with Crippen molar-refractivity contribution in [3.05, 3.63) is 17.6 Å². The molecule has 0 aliphatic rings. The third-order valence-electron chi connectivity index (χ3n) is 1.24. The summed E-state index contributed by atoms with van der Waals surface area (Å²) < 4.78 is 0. The highest BCUT2D eigenvalue weighted by Crippen LogP contribution is 1.98. The van der Waals surface area contributed by atoms with Crippen molar-refractivity contribution in [1.82, 2.24) is 5.43 Å². The molecule has 0 aromatic carbocycles. The number of hydrogen-bond donors (Lipinski definition) is 3. The van der Waals surface area contributed by atoms with Crippen molar-refractivity contribution in [3.8, 4) is 0 Å². The predicted octanol–water partition coefficient (Wildman–Crippen LogP) is -0.445.